The van der Waals surface area contributed by atoms with Crippen LogP contribution in [0.1, 0.15) is 13.3 Å². The van der Waals surface area contributed by atoms with Gasteiger partial charge in [0.05, 0.1) is 25.8 Å². The van der Waals surface area contributed by atoms with Crippen LogP contribution in [0.3, 0.4) is 0 Å². The van der Waals surface area contributed by atoms with Crippen molar-refractivity contribution in [3.05, 3.63) is 36.7 Å². The average molecular weight is 260 g/mol. The van der Waals surface area contributed by atoms with Gasteiger partial charge in [-0.3, -0.25) is 9.48 Å². The topological polar surface area (TPSA) is 64.4 Å². The summed E-state index contributed by atoms with van der Waals surface area (Å²) in [6, 6.07) is 7.73. The van der Waals surface area contributed by atoms with Crippen LogP contribution in [0, 0.1) is 0 Å². The first-order valence-corrected chi connectivity index (χ1v) is 6.17. The summed E-state index contributed by atoms with van der Waals surface area (Å²) >= 11 is 0. The molecule has 0 radical (unpaired) electrons. The van der Waals surface area contributed by atoms with Crippen LogP contribution in [0.4, 0.5) is 0 Å². The lowest BCUT2D eigenvalue weighted by Gasteiger charge is -2.07. The number of aryl methyl sites for hydroxylation is 1. The Balaban J connectivity index is 2.20. The van der Waals surface area contributed by atoms with Gasteiger partial charge in [0.25, 0.3) is 0 Å². The predicted octanol–water partition coefficient (Wildman–Crippen LogP) is 2.42. The van der Waals surface area contributed by atoms with Crippen LogP contribution >= 0.6 is 0 Å². The van der Waals surface area contributed by atoms with Crippen molar-refractivity contribution in [3.8, 4) is 16.9 Å². The first-order chi connectivity index (χ1) is 9.20. The van der Waals surface area contributed by atoms with Gasteiger partial charge in [-0.2, -0.15) is 5.10 Å². The maximum absolute atomic E-state index is 10.5. The minimum absolute atomic E-state index is 0.0637. The lowest BCUT2D eigenvalue weighted by molar-refractivity contribution is -0.137. The van der Waals surface area contributed by atoms with Crippen LogP contribution in [0.25, 0.3) is 11.1 Å². The summed E-state index contributed by atoms with van der Waals surface area (Å²) in [6.45, 7) is 2.91. The van der Waals surface area contributed by atoms with E-state index in [-0.39, 0.29) is 6.42 Å². The molecule has 0 aliphatic rings. The smallest absolute Gasteiger partial charge is 0.305 e. The molecule has 19 heavy (non-hydrogen) atoms. The molecular formula is C14H16N2O3. The second-order valence-electron chi connectivity index (χ2n) is 4.06. The maximum Gasteiger partial charge on any atom is 0.305 e. The highest BCUT2D eigenvalue weighted by Crippen LogP contribution is 2.29. The number of aliphatic carboxylic acids is 1. The Kier molecular flexibility index (Phi) is 4.18. The van der Waals surface area contributed by atoms with Crippen LogP contribution < -0.4 is 4.74 Å². The average Bonchev–Trinajstić information content (AvgIpc) is 2.86. The highest BCUT2D eigenvalue weighted by atomic mass is 16.5. The Morgan fingerprint density at radius 2 is 2.21 bits per heavy atom. The van der Waals surface area contributed by atoms with E-state index in [0.29, 0.717) is 13.2 Å². The van der Waals surface area contributed by atoms with Gasteiger partial charge in [-0.25, -0.2) is 0 Å². The lowest BCUT2D eigenvalue weighted by Crippen LogP contribution is -2.04. The third-order valence-electron chi connectivity index (χ3n) is 2.69. The molecule has 2 rings (SSSR count). The zero-order valence-electron chi connectivity index (χ0n) is 10.7. The predicted molar refractivity (Wildman–Crippen MR) is 71.1 cm³/mol. The summed E-state index contributed by atoms with van der Waals surface area (Å²) in [7, 11) is 0. The number of carbonyl (C=O) groups is 1. The number of hydrogen-bond acceptors (Lipinski definition) is 3. The van der Waals surface area contributed by atoms with Crippen LogP contribution in [0.5, 0.6) is 5.75 Å². The highest BCUT2D eigenvalue weighted by Gasteiger charge is 2.08. The maximum atomic E-state index is 10.5. The first-order valence-electron chi connectivity index (χ1n) is 6.17. The molecule has 1 N–H and O–H groups in total. The Morgan fingerprint density at radius 1 is 1.42 bits per heavy atom. The van der Waals surface area contributed by atoms with Crippen molar-refractivity contribution < 1.29 is 14.6 Å². The molecular weight excluding hydrogens is 244 g/mol. The summed E-state index contributed by atoms with van der Waals surface area (Å²) in [5.74, 6) is -0.0189. The summed E-state index contributed by atoms with van der Waals surface area (Å²) in [5.41, 5.74) is 1.89. The van der Waals surface area contributed by atoms with E-state index in [1.54, 1.807) is 10.9 Å². The Morgan fingerprint density at radius 3 is 2.95 bits per heavy atom. The molecule has 1 aromatic heterocycles. The third-order valence-corrected chi connectivity index (χ3v) is 2.69. The number of nitrogens with zero attached hydrogens (tertiary/aromatic N) is 2. The molecule has 1 heterocycles. The minimum Gasteiger partial charge on any atom is -0.493 e. The zero-order valence-corrected chi connectivity index (χ0v) is 10.7. The molecule has 2 aromatic rings. The summed E-state index contributed by atoms with van der Waals surface area (Å²) in [6.07, 6.45) is 3.62. The van der Waals surface area contributed by atoms with Gasteiger partial charge < -0.3 is 9.84 Å². The summed E-state index contributed by atoms with van der Waals surface area (Å²) in [4.78, 5) is 10.5. The number of rotatable bonds is 6. The largest absolute Gasteiger partial charge is 0.493 e. The van der Waals surface area contributed by atoms with Gasteiger partial charge in [-0.15, -0.1) is 0 Å². The van der Waals surface area contributed by atoms with E-state index < -0.39 is 5.97 Å². The molecule has 1 aromatic carbocycles. The van der Waals surface area contributed by atoms with Gasteiger partial charge in [0.2, 0.25) is 0 Å². The quantitative estimate of drug-likeness (QED) is 0.866. The van der Waals surface area contributed by atoms with E-state index in [4.69, 9.17) is 9.84 Å². The third kappa shape index (κ3) is 3.34. The van der Waals surface area contributed by atoms with E-state index in [1.165, 1.54) is 0 Å². The minimum atomic E-state index is -0.827. The number of benzene rings is 1. The summed E-state index contributed by atoms with van der Waals surface area (Å²) in [5, 5.41) is 12.8. The number of aromatic nitrogens is 2. The second-order valence-corrected chi connectivity index (χ2v) is 4.06. The van der Waals surface area contributed by atoms with Gasteiger partial charge in [0.15, 0.2) is 0 Å². The number of ether oxygens (including phenoxy) is 1. The molecule has 0 spiro atoms. The van der Waals surface area contributed by atoms with Gasteiger partial charge in [-0.05, 0) is 13.0 Å². The normalized spacial score (nSPS) is 10.4. The van der Waals surface area contributed by atoms with Crippen LogP contribution in [0.2, 0.25) is 0 Å². The van der Waals surface area contributed by atoms with Crippen molar-refractivity contribution >= 4 is 5.97 Å². The Labute approximate surface area is 111 Å². The fraction of sp³-hybridized carbons (Fsp3) is 0.286. The molecule has 0 amide bonds. The zero-order chi connectivity index (χ0) is 13.7. The Hall–Kier alpha value is -2.30. The van der Waals surface area contributed by atoms with Gasteiger partial charge >= 0.3 is 5.97 Å². The molecule has 0 aliphatic heterocycles. The van der Waals surface area contributed by atoms with Crippen LogP contribution in [-0.2, 0) is 11.3 Å². The molecule has 0 atom stereocenters. The molecule has 5 heteroatoms. The molecule has 0 saturated carbocycles. The van der Waals surface area contributed by atoms with E-state index in [0.717, 1.165) is 16.9 Å². The molecule has 5 nitrogen and oxygen atoms in total. The number of carboxylic acid groups (broad SMARTS) is 1. The fourth-order valence-corrected chi connectivity index (χ4v) is 1.82. The van der Waals surface area contributed by atoms with Crippen molar-refractivity contribution in [3.63, 3.8) is 0 Å². The summed E-state index contributed by atoms with van der Waals surface area (Å²) < 4.78 is 7.20. The van der Waals surface area contributed by atoms with E-state index in [1.807, 2.05) is 37.4 Å². The van der Waals surface area contributed by atoms with Crippen LogP contribution in [-0.4, -0.2) is 27.5 Å². The molecule has 0 aliphatic carbocycles. The van der Waals surface area contributed by atoms with E-state index in [9.17, 15) is 4.79 Å². The van der Waals surface area contributed by atoms with Gasteiger partial charge in [-0.1, -0.05) is 18.2 Å². The van der Waals surface area contributed by atoms with Crippen LogP contribution in [0.15, 0.2) is 36.7 Å². The molecule has 0 fully saturated rings. The van der Waals surface area contributed by atoms with Crippen molar-refractivity contribution in [1.82, 2.24) is 9.78 Å². The van der Waals surface area contributed by atoms with E-state index >= 15 is 0 Å². The van der Waals surface area contributed by atoms with Crippen molar-refractivity contribution in [2.45, 2.75) is 19.9 Å². The highest BCUT2D eigenvalue weighted by molar-refractivity contribution is 5.69. The molecule has 100 valence electrons. The SMILES string of the molecule is CCOc1ccccc1-c1cnn(CCC(=O)O)c1. The first kappa shape index (κ1) is 13.1. The van der Waals surface area contributed by atoms with Crippen molar-refractivity contribution in [2.75, 3.05) is 6.61 Å². The van der Waals surface area contributed by atoms with Crippen molar-refractivity contribution in [1.29, 1.82) is 0 Å². The molecule has 0 saturated heterocycles. The standard InChI is InChI=1S/C14H16N2O3/c1-2-19-13-6-4-3-5-12(13)11-9-15-16(10-11)8-7-14(17)18/h3-6,9-10H,2,7-8H2,1H3,(H,17,18). The molecule has 0 unspecified atom stereocenters. The number of para-hydroxylation sites is 1. The fourth-order valence-electron chi connectivity index (χ4n) is 1.82. The van der Waals surface area contributed by atoms with Gasteiger partial charge in [0.1, 0.15) is 5.75 Å². The van der Waals surface area contributed by atoms with Gasteiger partial charge in [0, 0.05) is 17.3 Å². The monoisotopic (exact) mass is 260 g/mol. The lowest BCUT2D eigenvalue weighted by atomic mass is 10.1. The Bertz CT molecular complexity index is 563. The number of hydrogen-bond donors (Lipinski definition) is 1. The number of carboxylic acids is 1. The van der Waals surface area contributed by atoms with Crippen molar-refractivity contribution in [2.24, 2.45) is 0 Å². The second kappa shape index (κ2) is 6.04. The molecule has 0 bridgehead atoms. The van der Waals surface area contributed by atoms with E-state index in [2.05, 4.69) is 5.10 Å².